The van der Waals surface area contributed by atoms with Crippen LogP contribution in [0.5, 0.6) is 5.75 Å². The van der Waals surface area contributed by atoms with E-state index in [2.05, 4.69) is 20.6 Å². The fraction of sp³-hybridized carbons (Fsp3) is 0.333. The average Bonchev–Trinajstić information content (AvgIpc) is 2.75. The maximum absolute atomic E-state index is 13.5. The molecule has 2 N–H and O–H groups in total. The third-order valence-electron chi connectivity index (χ3n) is 5.34. The van der Waals surface area contributed by atoms with Crippen molar-refractivity contribution in [2.45, 2.75) is 51.3 Å². The predicted octanol–water partition coefficient (Wildman–Crippen LogP) is 7.00. The van der Waals surface area contributed by atoms with Crippen LogP contribution in [0, 0.1) is 6.92 Å². The Morgan fingerprint density at radius 3 is 2.38 bits per heavy atom. The quantitative estimate of drug-likeness (QED) is 0.430. The number of rotatable bonds is 6. The number of hydrogen-bond acceptors (Lipinski definition) is 5. The van der Waals surface area contributed by atoms with Crippen LogP contribution >= 0.6 is 0 Å². The van der Waals surface area contributed by atoms with Gasteiger partial charge in [-0.15, -0.1) is 0 Å². The van der Waals surface area contributed by atoms with Gasteiger partial charge in [-0.3, -0.25) is 0 Å². The molecule has 4 rings (SSSR count). The van der Waals surface area contributed by atoms with E-state index in [-0.39, 0.29) is 17.9 Å². The van der Waals surface area contributed by atoms with Crippen LogP contribution in [0.4, 0.5) is 36.3 Å². The number of benzene rings is 2. The molecule has 0 bridgehead atoms. The van der Waals surface area contributed by atoms with Crippen LogP contribution < -0.4 is 15.4 Å². The fourth-order valence-electron chi connectivity index (χ4n) is 3.73. The van der Waals surface area contributed by atoms with Crippen LogP contribution in [0.3, 0.4) is 0 Å². The Labute approximate surface area is 185 Å². The number of aryl methyl sites for hydroxylation is 1. The van der Waals surface area contributed by atoms with E-state index in [0.717, 1.165) is 30.4 Å². The van der Waals surface area contributed by atoms with Crippen LogP contribution in [0.25, 0.3) is 0 Å². The molecule has 168 valence electrons. The molecule has 0 saturated heterocycles. The summed E-state index contributed by atoms with van der Waals surface area (Å²) in [6.07, 6.45) is 2.22. The van der Waals surface area contributed by atoms with Crippen LogP contribution in [0.15, 0.2) is 54.7 Å². The zero-order valence-electron chi connectivity index (χ0n) is 17.7. The Morgan fingerprint density at radius 1 is 0.938 bits per heavy atom. The van der Waals surface area contributed by atoms with Crippen molar-refractivity contribution in [2.75, 3.05) is 10.6 Å². The van der Waals surface area contributed by atoms with Crippen molar-refractivity contribution in [1.82, 2.24) is 9.97 Å². The maximum atomic E-state index is 13.5. The monoisotopic (exact) mass is 442 g/mol. The zero-order chi connectivity index (χ0) is 22.6. The molecule has 0 amide bonds. The van der Waals surface area contributed by atoms with E-state index in [9.17, 15) is 13.2 Å². The highest BCUT2D eigenvalue weighted by molar-refractivity contribution is 5.63. The number of nitrogens with zero attached hydrogens (tertiary/aromatic N) is 2. The molecule has 32 heavy (non-hydrogen) atoms. The molecular formula is C24H25F3N4O. The van der Waals surface area contributed by atoms with Crippen molar-refractivity contribution in [3.63, 3.8) is 0 Å². The zero-order valence-corrected chi connectivity index (χ0v) is 17.7. The minimum absolute atomic E-state index is 0.0640. The highest BCUT2D eigenvalue weighted by Gasteiger charge is 2.35. The second-order valence-electron chi connectivity index (χ2n) is 7.98. The van der Waals surface area contributed by atoms with E-state index in [1.807, 2.05) is 25.1 Å². The lowest BCUT2D eigenvalue weighted by molar-refractivity contribution is -0.137. The first kappa shape index (κ1) is 21.9. The molecule has 1 aromatic heterocycles. The van der Waals surface area contributed by atoms with E-state index < -0.39 is 11.7 Å². The van der Waals surface area contributed by atoms with Crippen molar-refractivity contribution < 1.29 is 17.9 Å². The number of halogens is 3. The Balaban J connectivity index is 1.50. The van der Waals surface area contributed by atoms with Gasteiger partial charge in [-0.2, -0.15) is 18.2 Å². The van der Waals surface area contributed by atoms with Gasteiger partial charge in [0, 0.05) is 17.6 Å². The second-order valence-corrected chi connectivity index (χ2v) is 7.98. The van der Waals surface area contributed by atoms with Crippen LogP contribution in [0.1, 0.15) is 43.2 Å². The number of alkyl halides is 3. The Hall–Kier alpha value is -3.29. The first-order chi connectivity index (χ1) is 15.4. The summed E-state index contributed by atoms with van der Waals surface area (Å²) < 4.78 is 46.4. The molecule has 0 spiro atoms. The van der Waals surface area contributed by atoms with Gasteiger partial charge in [-0.05, 0) is 74.6 Å². The van der Waals surface area contributed by atoms with Crippen molar-refractivity contribution in [2.24, 2.45) is 0 Å². The van der Waals surface area contributed by atoms with Gasteiger partial charge >= 0.3 is 6.18 Å². The SMILES string of the molecule is Cc1cccc(Nc2nc(Nc3ccc(OC4CCCCC4)cc3)ncc2C(F)(F)F)c1. The molecule has 0 radical (unpaired) electrons. The van der Waals surface area contributed by atoms with Crippen molar-refractivity contribution in [3.05, 3.63) is 65.9 Å². The topological polar surface area (TPSA) is 59.1 Å². The minimum atomic E-state index is -4.58. The molecular weight excluding hydrogens is 417 g/mol. The number of ether oxygens (including phenoxy) is 1. The molecule has 1 aliphatic carbocycles. The molecule has 0 atom stereocenters. The highest BCUT2D eigenvalue weighted by Crippen LogP contribution is 2.35. The summed E-state index contributed by atoms with van der Waals surface area (Å²) in [5.41, 5.74) is 1.17. The lowest BCUT2D eigenvalue weighted by Crippen LogP contribution is -2.19. The summed E-state index contributed by atoms with van der Waals surface area (Å²) in [5.74, 6) is 0.532. The summed E-state index contributed by atoms with van der Waals surface area (Å²) in [6, 6.07) is 14.3. The standard InChI is InChI=1S/C24H25F3N4O/c1-16-6-5-7-18(14-16)29-22-21(24(25,26)27)15-28-23(31-22)30-17-10-12-20(13-11-17)32-19-8-3-2-4-9-19/h5-7,10-15,19H,2-4,8-9H2,1H3,(H2,28,29,30,31). The van der Waals surface area contributed by atoms with Crippen molar-refractivity contribution >= 4 is 23.1 Å². The van der Waals surface area contributed by atoms with Crippen LogP contribution in [-0.2, 0) is 6.18 Å². The summed E-state index contributed by atoms with van der Waals surface area (Å²) in [5, 5.41) is 5.74. The van der Waals surface area contributed by atoms with Gasteiger partial charge in [-0.1, -0.05) is 18.6 Å². The number of anilines is 4. The first-order valence-electron chi connectivity index (χ1n) is 10.7. The van der Waals surface area contributed by atoms with Crippen molar-refractivity contribution in [3.8, 4) is 5.75 Å². The molecule has 1 saturated carbocycles. The molecule has 0 unspecified atom stereocenters. The molecule has 8 heteroatoms. The lowest BCUT2D eigenvalue weighted by Gasteiger charge is -2.23. The van der Waals surface area contributed by atoms with Gasteiger partial charge in [0.1, 0.15) is 17.1 Å². The van der Waals surface area contributed by atoms with E-state index in [0.29, 0.717) is 11.4 Å². The van der Waals surface area contributed by atoms with Gasteiger partial charge in [0.2, 0.25) is 5.95 Å². The summed E-state index contributed by atoms with van der Waals surface area (Å²) >= 11 is 0. The summed E-state index contributed by atoms with van der Waals surface area (Å²) in [6.45, 7) is 1.87. The second kappa shape index (κ2) is 9.46. The predicted molar refractivity (Wildman–Crippen MR) is 119 cm³/mol. The Morgan fingerprint density at radius 2 is 1.69 bits per heavy atom. The average molecular weight is 442 g/mol. The van der Waals surface area contributed by atoms with Gasteiger partial charge in [0.05, 0.1) is 6.10 Å². The normalized spacial score (nSPS) is 14.8. The van der Waals surface area contributed by atoms with Crippen LogP contribution in [-0.4, -0.2) is 16.1 Å². The van der Waals surface area contributed by atoms with Crippen LogP contribution in [0.2, 0.25) is 0 Å². The molecule has 1 aliphatic rings. The highest BCUT2D eigenvalue weighted by atomic mass is 19.4. The molecule has 5 nitrogen and oxygen atoms in total. The smallest absolute Gasteiger partial charge is 0.421 e. The Kier molecular flexibility index (Phi) is 6.48. The van der Waals surface area contributed by atoms with E-state index >= 15 is 0 Å². The largest absolute Gasteiger partial charge is 0.490 e. The van der Waals surface area contributed by atoms with E-state index in [1.54, 1.807) is 30.3 Å². The van der Waals surface area contributed by atoms with E-state index in [1.165, 1.54) is 19.3 Å². The minimum Gasteiger partial charge on any atom is -0.490 e. The van der Waals surface area contributed by atoms with Gasteiger partial charge < -0.3 is 15.4 Å². The van der Waals surface area contributed by atoms with Gasteiger partial charge in [-0.25, -0.2) is 4.98 Å². The molecule has 0 aliphatic heterocycles. The lowest BCUT2D eigenvalue weighted by atomic mass is 9.98. The Bertz CT molecular complexity index is 1050. The molecule has 1 fully saturated rings. The fourth-order valence-corrected chi connectivity index (χ4v) is 3.73. The first-order valence-corrected chi connectivity index (χ1v) is 10.7. The summed E-state index contributed by atoms with van der Waals surface area (Å²) in [7, 11) is 0. The van der Waals surface area contributed by atoms with E-state index in [4.69, 9.17) is 4.74 Å². The molecule has 1 heterocycles. The van der Waals surface area contributed by atoms with Crippen molar-refractivity contribution in [1.29, 1.82) is 0 Å². The third kappa shape index (κ3) is 5.69. The van der Waals surface area contributed by atoms with Gasteiger partial charge in [0.25, 0.3) is 0 Å². The summed E-state index contributed by atoms with van der Waals surface area (Å²) in [4.78, 5) is 7.95. The number of hydrogen-bond donors (Lipinski definition) is 2. The van der Waals surface area contributed by atoms with Gasteiger partial charge in [0.15, 0.2) is 0 Å². The third-order valence-corrected chi connectivity index (χ3v) is 5.34. The number of nitrogens with one attached hydrogen (secondary N) is 2. The number of aromatic nitrogens is 2. The maximum Gasteiger partial charge on any atom is 0.421 e. The molecule has 2 aromatic carbocycles. The molecule has 3 aromatic rings.